The monoisotopic (exact) mass is 1130 g/mol. The van der Waals surface area contributed by atoms with Crippen LogP contribution in [-0.2, 0) is 62.4 Å². The first-order valence-electron chi connectivity index (χ1n) is 25.8. The Morgan fingerprint density at radius 2 is 0.949 bits per heavy atom. The maximum atomic E-state index is 14.8. The fraction of sp³-hybridized carbons (Fsp3) is 0.426. The Morgan fingerprint density at radius 1 is 0.532 bits per heavy atom. The summed E-state index contributed by atoms with van der Waals surface area (Å²) in [7, 11) is 0. The molecule has 0 radical (unpaired) electrons. The van der Waals surface area contributed by atoms with Crippen LogP contribution in [0.3, 0.4) is 0 Å². The predicted octanol–water partition coefficient (Wildman–Crippen LogP) is -0.208. The van der Waals surface area contributed by atoms with Gasteiger partial charge in [-0.1, -0.05) is 62.4 Å². The summed E-state index contributed by atoms with van der Waals surface area (Å²) in [5.41, 5.74) is 14.5. The first-order valence-corrected chi connectivity index (χ1v) is 27.1. The summed E-state index contributed by atoms with van der Waals surface area (Å²) in [6, 6.07) is 9.82. The van der Waals surface area contributed by atoms with Gasteiger partial charge < -0.3 is 74.2 Å². The first-order chi connectivity index (χ1) is 37.6. The van der Waals surface area contributed by atoms with E-state index in [0.29, 0.717) is 24.0 Å². The van der Waals surface area contributed by atoms with Gasteiger partial charge in [0.25, 0.3) is 0 Å². The molecule has 25 heteroatoms. The van der Waals surface area contributed by atoms with Crippen LogP contribution in [0.15, 0.2) is 85.2 Å². The van der Waals surface area contributed by atoms with Gasteiger partial charge in [0.15, 0.2) is 0 Å². The number of phenols is 1. The fourth-order valence-electron chi connectivity index (χ4n) is 8.75. The number of primary amides is 1. The van der Waals surface area contributed by atoms with Crippen LogP contribution in [0.4, 0.5) is 0 Å². The second kappa shape index (κ2) is 29.9. The van der Waals surface area contributed by atoms with Crippen molar-refractivity contribution in [3.8, 4) is 5.75 Å². The van der Waals surface area contributed by atoms with Crippen molar-refractivity contribution in [2.75, 3.05) is 18.1 Å². The van der Waals surface area contributed by atoms with E-state index in [1.807, 2.05) is 42.5 Å². The van der Waals surface area contributed by atoms with Crippen molar-refractivity contribution in [1.29, 1.82) is 0 Å². The molecule has 0 saturated carbocycles. The lowest BCUT2D eigenvalue weighted by atomic mass is 10.00. The van der Waals surface area contributed by atoms with E-state index in [1.54, 1.807) is 32.3 Å². The number of amides is 9. The van der Waals surface area contributed by atoms with Crippen molar-refractivity contribution in [1.82, 2.24) is 52.5 Å². The van der Waals surface area contributed by atoms with Gasteiger partial charge in [-0.3, -0.25) is 43.2 Å². The van der Waals surface area contributed by atoms with Crippen LogP contribution >= 0.6 is 25.3 Å². The summed E-state index contributed by atoms with van der Waals surface area (Å²) in [4.78, 5) is 130. The summed E-state index contributed by atoms with van der Waals surface area (Å²) in [5, 5.41) is 42.7. The van der Waals surface area contributed by atoms with E-state index in [-0.39, 0.29) is 49.5 Å². The Bertz CT molecular complexity index is 2930. The summed E-state index contributed by atoms with van der Waals surface area (Å²) in [6.45, 7) is 6.04. The molecule has 0 bridgehead atoms. The third kappa shape index (κ3) is 18.0. The third-order valence-corrected chi connectivity index (χ3v) is 13.8. The number of carbonyl (C=O) groups excluding carboxylic acids is 9. The quantitative estimate of drug-likeness (QED) is 0.0210. The largest absolute Gasteiger partial charge is 0.508 e. The lowest BCUT2D eigenvalue weighted by Gasteiger charge is -2.29. The molecule has 79 heavy (non-hydrogen) atoms. The summed E-state index contributed by atoms with van der Waals surface area (Å²) < 4.78 is 0. The Morgan fingerprint density at radius 3 is 1.42 bits per heavy atom. The summed E-state index contributed by atoms with van der Waals surface area (Å²) in [5.74, 6) is -8.30. The second-order valence-electron chi connectivity index (χ2n) is 19.6. The molecule has 0 aliphatic heterocycles. The van der Waals surface area contributed by atoms with Crippen molar-refractivity contribution in [3.05, 3.63) is 102 Å². The van der Waals surface area contributed by atoms with Gasteiger partial charge in [0.05, 0.1) is 6.10 Å². The molecule has 5 aromatic rings. The number of aromatic hydroxyl groups is 1. The van der Waals surface area contributed by atoms with E-state index in [0.717, 1.165) is 27.4 Å². The molecular formula is C54H72N12O11S2. The Labute approximate surface area is 467 Å². The molecule has 0 unspecified atom stereocenters. The number of phenolic OH excluding ortho intramolecular Hbond substituents is 1. The van der Waals surface area contributed by atoms with Gasteiger partial charge in [-0.25, -0.2) is 0 Å². The molecule has 9 atom stereocenters. The Kier molecular flexibility index (Phi) is 23.6. The number of carbonyl (C=O) groups is 9. The number of aromatic nitrogens is 2. The highest BCUT2D eigenvalue weighted by molar-refractivity contribution is 7.80. The van der Waals surface area contributed by atoms with Crippen molar-refractivity contribution in [2.45, 2.75) is 121 Å². The molecular weight excluding hydrogens is 1060 g/mol. The van der Waals surface area contributed by atoms with Crippen LogP contribution in [0.2, 0.25) is 0 Å². The molecule has 9 amide bonds. The number of aliphatic hydroxyl groups excluding tert-OH is 1. The number of H-pyrrole nitrogens is 2. The standard InChI is InChI=1S/C54H72N12O11S2/c1-28(2)45(54(77)64-44(27-79)53(76)66-46(29(3)67)47(56)70)65-48(71)39(15-9-10-20-55)60-51(74)42(23-33-25-58-38-14-8-6-12-36(33)38)62-49(72)40(21-31-16-18-34(69)19-17-31)61-52(75)43(26-78)63-50(73)41(59-30(4)68)22-32-24-57-37-13-7-5-11-35(32)37/h5-8,11-14,16-19,24-25,28-29,39-46,57-58,67,69,78-79H,9-10,15,20-23,26-27,55H2,1-4H3,(H2,56,70)(H,59,68)(H,60,74)(H,61,75)(H,62,72)(H,63,73)(H,64,77)(H,65,71)(H,66,76)/t29-,39+,40+,41+,42-,43+,44+,45+,46+/m1/s1. The van der Waals surface area contributed by atoms with Gasteiger partial charge in [0, 0.05) is 71.9 Å². The molecule has 426 valence electrons. The lowest BCUT2D eigenvalue weighted by Crippen LogP contribution is -2.62. The number of rotatable bonds is 30. The smallest absolute Gasteiger partial charge is 0.244 e. The van der Waals surface area contributed by atoms with Crippen LogP contribution < -0.4 is 54.0 Å². The Hall–Kier alpha value is -7.61. The number of benzene rings is 3. The Balaban J connectivity index is 1.41. The van der Waals surface area contributed by atoms with Gasteiger partial charge in [-0.05, 0) is 79.6 Å². The number of aromatic amines is 2. The maximum Gasteiger partial charge on any atom is 0.244 e. The van der Waals surface area contributed by atoms with E-state index in [1.165, 1.54) is 38.1 Å². The number of hydrogen-bond acceptors (Lipinski definition) is 14. The molecule has 0 aliphatic rings. The minimum absolute atomic E-state index is 0.0332. The average Bonchev–Trinajstić information content (AvgIpc) is 4.03. The zero-order chi connectivity index (χ0) is 57.9. The topological polar surface area (TPSA) is 374 Å². The van der Waals surface area contributed by atoms with Crippen LogP contribution in [0, 0.1) is 5.92 Å². The van der Waals surface area contributed by atoms with Gasteiger partial charge in [0.1, 0.15) is 54.1 Å². The minimum atomic E-state index is -1.47. The molecule has 0 saturated heterocycles. The van der Waals surface area contributed by atoms with Crippen molar-refractivity contribution in [3.63, 3.8) is 0 Å². The average molecular weight is 1130 g/mol. The number of nitrogens with two attached hydrogens (primary N) is 2. The molecule has 16 N–H and O–H groups in total. The summed E-state index contributed by atoms with van der Waals surface area (Å²) >= 11 is 8.55. The maximum absolute atomic E-state index is 14.8. The van der Waals surface area contributed by atoms with Gasteiger partial charge in [-0.15, -0.1) is 0 Å². The van der Waals surface area contributed by atoms with Crippen molar-refractivity contribution in [2.24, 2.45) is 17.4 Å². The number of aliphatic hydroxyl groups is 1. The number of thiol groups is 2. The number of unbranched alkanes of at least 4 members (excludes halogenated alkanes) is 1. The summed E-state index contributed by atoms with van der Waals surface area (Å²) in [6.07, 6.45) is 2.63. The first kappa shape index (κ1) is 62.2. The number of nitrogens with one attached hydrogen (secondary N) is 10. The molecule has 23 nitrogen and oxygen atoms in total. The number of fused-ring (bicyclic) bond motifs is 2. The fourth-order valence-corrected chi connectivity index (χ4v) is 9.27. The number of hydrogen-bond donors (Lipinski definition) is 16. The molecule has 5 rings (SSSR count). The molecule has 2 heterocycles. The van der Waals surface area contributed by atoms with Crippen LogP contribution in [0.5, 0.6) is 5.75 Å². The molecule has 3 aromatic carbocycles. The minimum Gasteiger partial charge on any atom is -0.508 e. The normalized spacial score (nSPS) is 14.7. The van der Waals surface area contributed by atoms with E-state index in [4.69, 9.17) is 11.5 Å². The molecule has 0 spiro atoms. The molecule has 0 aliphatic carbocycles. The molecule has 2 aromatic heterocycles. The van der Waals surface area contributed by atoms with E-state index >= 15 is 0 Å². The second-order valence-corrected chi connectivity index (χ2v) is 20.3. The highest BCUT2D eigenvalue weighted by Gasteiger charge is 2.36. The van der Waals surface area contributed by atoms with Crippen molar-refractivity contribution >= 4 is 100 Å². The lowest BCUT2D eigenvalue weighted by molar-refractivity contribution is -0.136. The van der Waals surface area contributed by atoms with Crippen molar-refractivity contribution < 1.29 is 53.4 Å². The van der Waals surface area contributed by atoms with Gasteiger partial charge in [-0.2, -0.15) is 25.3 Å². The van der Waals surface area contributed by atoms with Gasteiger partial charge in [0.2, 0.25) is 53.2 Å². The number of para-hydroxylation sites is 2. The van der Waals surface area contributed by atoms with Crippen LogP contribution in [0.1, 0.15) is 63.6 Å². The highest BCUT2D eigenvalue weighted by atomic mass is 32.1. The van der Waals surface area contributed by atoms with Crippen LogP contribution in [0.25, 0.3) is 21.8 Å². The van der Waals surface area contributed by atoms with E-state index < -0.39 is 114 Å². The predicted molar refractivity (Wildman–Crippen MR) is 303 cm³/mol. The molecule has 0 fully saturated rings. The zero-order valence-corrected chi connectivity index (χ0v) is 46.1. The van der Waals surface area contributed by atoms with E-state index in [2.05, 4.69) is 77.8 Å². The van der Waals surface area contributed by atoms with Gasteiger partial charge >= 0.3 is 0 Å². The zero-order valence-electron chi connectivity index (χ0n) is 44.3. The SMILES string of the molecule is CC(=O)N[C@@H](Cc1c[nH]c2ccccc12)C(=O)N[C@@H](CS)C(=O)N[C@@H](Cc1ccc(O)cc1)C(=O)N[C@H](Cc1c[nH]c2ccccc12)C(=O)N[C@@H](CCCCN)C(=O)N[C@H](C(=O)N[C@@H](CS)C(=O)N[C@H](C(N)=O)[C@@H](C)O)C(C)C. The highest BCUT2D eigenvalue weighted by Crippen LogP contribution is 2.22. The third-order valence-electron chi connectivity index (χ3n) is 13.1. The van der Waals surface area contributed by atoms with E-state index in [9.17, 15) is 53.4 Å². The van der Waals surface area contributed by atoms with Crippen LogP contribution in [-0.4, -0.2) is 146 Å².